The van der Waals surface area contributed by atoms with Crippen LogP contribution in [0.15, 0.2) is 24.5 Å². The van der Waals surface area contributed by atoms with Crippen molar-refractivity contribution in [3.63, 3.8) is 0 Å². The number of aryl methyl sites for hydroxylation is 2. The molecule has 0 aliphatic rings. The third-order valence-corrected chi connectivity index (χ3v) is 2.81. The summed E-state index contributed by atoms with van der Waals surface area (Å²) in [5.41, 5.74) is 0.520. The molecule has 1 heterocycles. The van der Waals surface area contributed by atoms with Crippen LogP contribution in [0.3, 0.4) is 0 Å². The van der Waals surface area contributed by atoms with E-state index in [2.05, 4.69) is 15.5 Å². The van der Waals surface area contributed by atoms with Gasteiger partial charge in [0.05, 0.1) is 12.1 Å². The van der Waals surface area contributed by atoms with Gasteiger partial charge < -0.3 is 9.88 Å². The maximum Gasteiger partial charge on any atom is 0.416 e. The third kappa shape index (κ3) is 3.04. The molecule has 7 heteroatoms. The van der Waals surface area contributed by atoms with Gasteiger partial charge in [-0.05, 0) is 24.6 Å². The summed E-state index contributed by atoms with van der Waals surface area (Å²) in [7, 11) is 1.77. The minimum Gasteiger partial charge on any atom is -0.378 e. The van der Waals surface area contributed by atoms with Crippen LogP contribution in [0.25, 0.3) is 0 Å². The summed E-state index contributed by atoms with van der Waals surface area (Å²) >= 11 is 0. The number of aromatic nitrogens is 3. The van der Waals surface area contributed by atoms with Gasteiger partial charge in [-0.15, -0.1) is 10.2 Å². The summed E-state index contributed by atoms with van der Waals surface area (Å²) in [5, 5.41) is 10.5. The highest BCUT2D eigenvalue weighted by atomic mass is 19.4. The number of anilines is 1. The van der Waals surface area contributed by atoms with E-state index in [1.165, 1.54) is 12.4 Å². The number of alkyl halides is 3. The summed E-state index contributed by atoms with van der Waals surface area (Å²) in [6, 6.07) is 3.62. The normalized spacial score (nSPS) is 11.6. The van der Waals surface area contributed by atoms with Crippen molar-refractivity contribution in [1.82, 2.24) is 14.8 Å². The van der Waals surface area contributed by atoms with E-state index in [9.17, 15) is 13.2 Å². The van der Waals surface area contributed by atoms with E-state index in [0.717, 1.165) is 17.7 Å². The van der Waals surface area contributed by atoms with Gasteiger partial charge in [-0.25, -0.2) is 0 Å². The van der Waals surface area contributed by atoms with Gasteiger partial charge in [-0.3, -0.25) is 0 Å². The second kappa shape index (κ2) is 4.91. The molecule has 2 aromatic rings. The van der Waals surface area contributed by atoms with Crippen LogP contribution in [0.5, 0.6) is 0 Å². The maximum atomic E-state index is 12.6. The zero-order valence-corrected chi connectivity index (χ0v) is 10.5. The Kier molecular flexibility index (Phi) is 3.46. The van der Waals surface area contributed by atoms with Crippen molar-refractivity contribution in [1.29, 1.82) is 0 Å². The van der Waals surface area contributed by atoms with E-state index in [1.54, 1.807) is 18.5 Å². The Morgan fingerprint density at radius 1 is 1.32 bits per heavy atom. The Labute approximate surface area is 108 Å². The topological polar surface area (TPSA) is 42.7 Å². The highest BCUT2D eigenvalue weighted by molar-refractivity contribution is 5.53. The lowest BCUT2D eigenvalue weighted by molar-refractivity contribution is -0.137. The first-order valence-corrected chi connectivity index (χ1v) is 5.62. The largest absolute Gasteiger partial charge is 0.416 e. The molecule has 0 radical (unpaired) electrons. The molecule has 102 valence electrons. The molecule has 1 N–H and O–H groups in total. The van der Waals surface area contributed by atoms with E-state index in [4.69, 9.17) is 0 Å². The Morgan fingerprint density at radius 3 is 2.63 bits per heavy atom. The van der Waals surface area contributed by atoms with Crippen LogP contribution in [0.1, 0.15) is 17.0 Å². The molecule has 0 spiro atoms. The van der Waals surface area contributed by atoms with Crippen molar-refractivity contribution in [2.45, 2.75) is 19.6 Å². The smallest absolute Gasteiger partial charge is 0.378 e. The number of hydrogen-bond acceptors (Lipinski definition) is 3. The van der Waals surface area contributed by atoms with Crippen molar-refractivity contribution in [3.8, 4) is 0 Å². The van der Waals surface area contributed by atoms with E-state index in [1.807, 2.05) is 0 Å². The second-order valence-corrected chi connectivity index (χ2v) is 4.24. The van der Waals surface area contributed by atoms with Crippen LogP contribution < -0.4 is 5.32 Å². The fourth-order valence-corrected chi connectivity index (χ4v) is 1.63. The van der Waals surface area contributed by atoms with Crippen molar-refractivity contribution in [3.05, 3.63) is 41.5 Å². The highest BCUT2D eigenvalue weighted by Crippen LogP contribution is 2.32. The predicted octanol–water partition coefficient (Wildman–Crippen LogP) is 2.75. The average molecular weight is 270 g/mol. The van der Waals surface area contributed by atoms with E-state index >= 15 is 0 Å². The molecule has 4 nitrogen and oxygen atoms in total. The highest BCUT2D eigenvalue weighted by Gasteiger charge is 2.30. The van der Waals surface area contributed by atoms with E-state index in [0.29, 0.717) is 18.1 Å². The number of benzene rings is 1. The first kappa shape index (κ1) is 13.4. The number of rotatable bonds is 3. The van der Waals surface area contributed by atoms with Gasteiger partial charge >= 0.3 is 6.18 Å². The Balaban J connectivity index is 2.18. The van der Waals surface area contributed by atoms with Gasteiger partial charge in [0.25, 0.3) is 0 Å². The summed E-state index contributed by atoms with van der Waals surface area (Å²) in [5.74, 6) is 0.650. The van der Waals surface area contributed by atoms with Crippen LogP contribution in [-0.4, -0.2) is 14.8 Å². The summed E-state index contributed by atoms with van der Waals surface area (Å²) in [6.45, 7) is 2.07. The molecule has 0 fully saturated rings. The molecule has 0 saturated carbocycles. The molecule has 0 atom stereocenters. The third-order valence-electron chi connectivity index (χ3n) is 2.81. The van der Waals surface area contributed by atoms with Crippen LogP contribution in [0, 0.1) is 6.92 Å². The zero-order chi connectivity index (χ0) is 14.0. The van der Waals surface area contributed by atoms with Gasteiger partial charge in [-0.1, -0.05) is 6.07 Å². The van der Waals surface area contributed by atoms with E-state index < -0.39 is 11.7 Å². The summed E-state index contributed by atoms with van der Waals surface area (Å²) in [6.07, 6.45) is -2.80. The van der Waals surface area contributed by atoms with Crippen LogP contribution in [0.2, 0.25) is 0 Å². The quantitative estimate of drug-likeness (QED) is 0.932. The first-order valence-electron chi connectivity index (χ1n) is 5.62. The van der Waals surface area contributed by atoms with Gasteiger partial charge in [-0.2, -0.15) is 13.2 Å². The van der Waals surface area contributed by atoms with Crippen molar-refractivity contribution >= 4 is 5.69 Å². The SMILES string of the molecule is Cc1ccc(C(F)(F)F)cc1NCc1nncn1C. The van der Waals surface area contributed by atoms with Gasteiger partial charge in [0.2, 0.25) is 0 Å². The Morgan fingerprint density at radius 2 is 2.05 bits per heavy atom. The van der Waals surface area contributed by atoms with Crippen LogP contribution in [0.4, 0.5) is 18.9 Å². The van der Waals surface area contributed by atoms with Crippen LogP contribution >= 0.6 is 0 Å². The predicted molar refractivity (Wildman–Crippen MR) is 64.5 cm³/mol. The molecule has 1 aromatic carbocycles. The molecule has 1 aromatic heterocycles. The maximum absolute atomic E-state index is 12.6. The Hall–Kier alpha value is -2.05. The van der Waals surface area contributed by atoms with Crippen molar-refractivity contribution in [2.24, 2.45) is 7.05 Å². The lowest BCUT2D eigenvalue weighted by atomic mass is 10.1. The lowest BCUT2D eigenvalue weighted by Crippen LogP contribution is -2.09. The van der Waals surface area contributed by atoms with E-state index in [-0.39, 0.29) is 0 Å². The number of hydrogen-bond donors (Lipinski definition) is 1. The molecule has 0 saturated heterocycles. The fourth-order valence-electron chi connectivity index (χ4n) is 1.63. The van der Waals surface area contributed by atoms with Crippen molar-refractivity contribution < 1.29 is 13.2 Å². The molecule has 0 aliphatic heterocycles. The minimum atomic E-state index is -4.34. The monoisotopic (exact) mass is 270 g/mol. The number of nitrogens with one attached hydrogen (secondary N) is 1. The average Bonchev–Trinajstić information content (AvgIpc) is 2.72. The van der Waals surface area contributed by atoms with Crippen molar-refractivity contribution in [2.75, 3.05) is 5.32 Å². The standard InChI is InChI=1S/C12H13F3N4/c1-8-3-4-9(12(13,14)15)5-10(8)16-6-11-18-17-7-19(11)2/h3-5,7,16H,6H2,1-2H3. The van der Waals surface area contributed by atoms with Gasteiger partial charge in [0.1, 0.15) is 6.33 Å². The minimum absolute atomic E-state index is 0.318. The van der Waals surface area contributed by atoms with Gasteiger partial charge in [0.15, 0.2) is 5.82 Å². The molecule has 2 rings (SSSR count). The molecule has 0 aliphatic carbocycles. The molecule has 0 amide bonds. The summed E-state index contributed by atoms with van der Waals surface area (Å²) in [4.78, 5) is 0. The molecular formula is C12H13F3N4. The lowest BCUT2D eigenvalue weighted by Gasteiger charge is -2.13. The van der Waals surface area contributed by atoms with Crippen LogP contribution in [-0.2, 0) is 19.8 Å². The molecule has 19 heavy (non-hydrogen) atoms. The summed E-state index contributed by atoms with van der Waals surface area (Å²) < 4.78 is 39.6. The fraction of sp³-hybridized carbons (Fsp3) is 0.333. The zero-order valence-electron chi connectivity index (χ0n) is 10.5. The Bertz CT molecular complexity index is 575. The number of nitrogens with zero attached hydrogens (tertiary/aromatic N) is 3. The molecule has 0 bridgehead atoms. The molecular weight excluding hydrogens is 257 g/mol. The molecule has 0 unspecified atom stereocenters. The van der Waals surface area contributed by atoms with Gasteiger partial charge in [0, 0.05) is 12.7 Å². The first-order chi connectivity index (χ1) is 8.88. The number of halogens is 3. The second-order valence-electron chi connectivity index (χ2n) is 4.24.